The lowest BCUT2D eigenvalue weighted by Crippen LogP contribution is -2.18. The predicted octanol–water partition coefficient (Wildman–Crippen LogP) is 35.3. The molecule has 0 radical (unpaired) electrons. The molecule has 0 spiro atoms. The third kappa shape index (κ3) is 27.0. The first-order valence-electron chi connectivity index (χ1n) is 50.6. The zero-order chi connectivity index (χ0) is 104. The van der Waals surface area contributed by atoms with E-state index in [1.54, 1.807) is 0 Å². The monoisotopic (exact) mass is 1960 g/mol. The average molecular weight is 1960 g/mol. The highest BCUT2D eigenvalue weighted by molar-refractivity contribution is 5.97. The van der Waals surface area contributed by atoms with Gasteiger partial charge >= 0.3 is 0 Å². The summed E-state index contributed by atoms with van der Waals surface area (Å²) in [7, 11) is 0. The lowest BCUT2D eigenvalue weighted by molar-refractivity contribution is 0.543. The Kier molecular flexibility index (Phi) is 33.7. The molecule has 0 aliphatic carbocycles. The topological polar surface area (TPSA) is 180 Å². The van der Waals surface area contributed by atoms with Gasteiger partial charge < -0.3 is 0 Å². The van der Waals surface area contributed by atoms with Crippen molar-refractivity contribution in [2.45, 2.75) is 172 Å². The summed E-state index contributed by atoms with van der Waals surface area (Å²) in [5.41, 5.74) is 24.2. The van der Waals surface area contributed by atoms with Crippen LogP contribution in [0.15, 0.2) is 437 Å². The van der Waals surface area contributed by atoms with Gasteiger partial charge in [-0.2, -0.15) is 0 Å². The van der Waals surface area contributed by atoms with E-state index in [-0.39, 0.29) is 47.3 Å². The van der Waals surface area contributed by atoms with E-state index in [9.17, 15) is 0 Å². The molecule has 0 atom stereocenters. The van der Waals surface area contributed by atoms with E-state index < -0.39 is 0 Å². The molecule has 14 nitrogen and oxygen atoms in total. The van der Waals surface area contributed by atoms with Crippen LogP contribution in [0.25, 0.3) is 179 Å². The zero-order valence-electron chi connectivity index (χ0n) is 87.8. The number of hydrogen-bond acceptors (Lipinski definition) is 14. The molecule has 22 aromatic rings. The van der Waals surface area contributed by atoms with Crippen molar-refractivity contribution in [1.82, 2.24) is 69.8 Å². The van der Waals surface area contributed by atoms with Crippen molar-refractivity contribution in [3.05, 3.63) is 471 Å². The van der Waals surface area contributed by atoms with Gasteiger partial charge in [0.2, 0.25) is 0 Å². The molecule has 0 N–H and O–H groups in total. The molecule has 0 amide bonds. The van der Waals surface area contributed by atoms with Crippen molar-refractivity contribution < 1.29 is 0 Å². The van der Waals surface area contributed by atoms with Gasteiger partial charge in [0, 0.05) is 99.0 Å². The quantitative estimate of drug-likeness (QED) is 0.113. The second-order valence-corrected chi connectivity index (χ2v) is 43.0. The molecule has 0 saturated heterocycles. The number of nitrogens with zero attached hydrogens (tertiary/aromatic N) is 14. The molecule has 22 rings (SSSR count). The molecule has 14 heteroatoms. The Labute approximate surface area is 886 Å². The Morgan fingerprint density at radius 2 is 0.373 bits per heavy atom. The Hall–Kier alpha value is -17.1. The first-order valence-corrected chi connectivity index (χ1v) is 50.6. The third-order valence-electron chi connectivity index (χ3n) is 25.1. The maximum atomic E-state index is 4.94. The van der Waals surface area contributed by atoms with Gasteiger partial charge in [-0.3, -0.25) is 0 Å². The molecule has 0 unspecified atom stereocenters. The average Bonchev–Trinajstić information content (AvgIpc) is 0.781. The van der Waals surface area contributed by atoms with Gasteiger partial charge in [-0.05, 0) is 86.3 Å². The van der Waals surface area contributed by atoms with Gasteiger partial charge in [-0.25, -0.2) is 69.8 Å². The predicted molar refractivity (Wildman–Crippen MR) is 629 cm³/mol. The van der Waals surface area contributed by atoms with Crippen molar-refractivity contribution >= 4 is 43.5 Å². The fourth-order valence-corrected chi connectivity index (χ4v) is 16.7. The van der Waals surface area contributed by atoms with Gasteiger partial charge in [-0.1, -0.05) is 534 Å². The zero-order valence-corrected chi connectivity index (χ0v) is 87.8. The fourth-order valence-electron chi connectivity index (χ4n) is 16.7. The molecule has 748 valence electrons. The summed E-state index contributed by atoms with van der Waals surface area (Å²) in [6.07, 6.45) is 0. The molecular formula is C136H134N14. The van der Waals surface area contributed by atoms with Crippen LogP contribution in [0.1, 0.15) is 174 Å². The third-order valence-corrected chi connectivity index (χ3v) is 25.1. The van der Waals surface area contributed by atoms with Gasteiger partial charge in [0.1, 0.15) is 23.3 Å². The van der Waals surface area contributed by atoms with Crippen molar-refractivity contribution in [3.63, 3.8) is 0 Å². The number of fused-ring (bicyclic) bond motifs is 4. The van der Waals surface area contributed by atoms with E-state index in [4.69, 9.17) is 54.8 Å². The molecule has 0 saturated carbocycles. The van der Waals surface area contributed by atoms with E-state index in [0.717, 1.165) is 163 Å². The molecule has 6 heterocycles. The van der Waals surface area contributed by atoms with Crippen LogP contribution in [0.5, 0.6) is 0 Å². The standard InChI is InChI=1S/C26H24N2.C25H23N3.C24H22N2.C22H20N2.C19H19N3.C18H18N2.2CH4/c1-26(2,3)22-16-10-15-21(17-22)25-27-23(19-11-6-4-7-12-19)18-24(28-25)20-13-8-5-9-14-20;1-25(2,3)21-16-10-15-20(17-21)24-27-22(18-11-6-4-7-12-18)26-23(28-24)19-13-8-5-9-14-19;1-24(2,3)23-25-21-12-8-7-11-20(21)22(26-23)19-15-13-18(14-16-19)17-9-5-4-6-10-17;1-22(2,3)21-23-19-11-7-6-10-18(19)20(24-21)17-13-12-15-8-4-5-9-16(15)14-17;1-19(2,3)18-21-16(14-10-6-4-7-11-14)20-17(22-18)15-12-8-5-9-13-15;1-18(2,3)17-19-15-12-8-7-11-14(15)16(20-17)13-9-5-4-6-10-13;;/h4-18H,1-3H3;4-17H,1-3H3;4-16H,1-3H3;4-14H,1-3H3;4-13H,1-3H3;4-12H,1-3H3;2*1H4. The van der Waals surface area contributed by atoms with Crippen molar-refractivity contribution in [1.29, 1.82) is 0 Å². The van der Waals surface area contributed by atoms with Gasteiger partial charge in [-0.15, -0.1) is 0 Å². The van der Waals surface area contributed by atoms with E-state index in [1.165, 1.54) is 33.0 Å². The Morgan fingerprint density at radius 1 is 0.140 bits per heavy atom. The maximum Gasteiger partial charge on any atom is 0.164 e. The number of para-hydroxylation sites is 3. The van der Waals surface area contributed by atoms with E-state index in [2.05, 4.69) is 358 Å². The minimum atomic E-state index is -0.129. The smallest absolute Gasteiger partial charge is 0.164 e. The van der Waals surface area contributed by atoms with Gasteiger partial charge in [0.25, 0.3) is 0 Å². The minimum Gasteiger partial charge on any atom is -0.232 e. The number of rotatable bonds is 12. The van der Waals surface area contributed by atoms with Crippen LogP contribution >= 0.6 is 0 Å². The molecule has 0 aliphatic heterocycles. The van der Waals surface area contributed by atoms with Gasteiger partial charge in [0.05, 0.1) is 45.0 Å². The molecule has 16 aromatic carbocycles. The van der Waals surface area contributed by atoms with Crippen LogP contribution in [-0.2, 0) is 32.5 Å². The highest BCUT2D eigenvalue weighted by Gasteiger charge is 2.27. The van der Waals surface area contributed by atoms with Crippen LogP contribution in [0.3, 0.4) is 0 Å². The summed E-state index contributed by atoms with van der Waals surface area (Å²) < 4.78 is 0. The Morgan fingerprint density at radius 3 is 0.707 bits per heavy atom. The largest absolute Gasteiger partial charge is 0.232 e. The second kappa shape index (κ2) is 47.2. The van der Waals surface area contributed by atoms with Crippen LogP contribution in [0.2, 0.25) is 0 Å². The van der Waals surface area contributed by atoms with Crippen LogP contribution in [0.4, 0.5) is 0 Å². The summed E-state index contributed by atoms with van der Waals surface area (Å²) in [4.78, 5) is 67.2. The van der Waals surface area contributed by atoms with E-state index in [1.807, 2.05) is 218 Å². The molecule has 0 fully saturated rings. The second-order valence-electron chi connectivity index (χ2n) is 43.0. The summed E-state index contributed by atoms with van der Waals surface area (Å²) in [5.74, 6) is 7.71. The van der Waals surface area contributed by atoms with Crippen LogP contribution < -0.4 is 0 Å². The number of benzene rings is 16. The highest BCUT2D eigenvalue weighted by Crippen LogP contribution is 2.39. The molecule has 0 aliphatic rings. The normalized spacial score (nSPS) is 11.4. The SMILES string of the molecule is C.C.CC(C)(C)c1cccc(-c2nc(-c3ccccc3)cc(-c3ccccc3)n2)c1.CC(C)(C)c1cccc(-c2nc(-c3ccccc3)nc(-c3ccccc3)n2)c1.CC(C)(C)c1nc(-c2ccc(-c3ccccc3)cc2)c2ccccc2n1.CC(C)(C)c1nc(-c2ccc3ccccc3c2)c2ccccc2n1.CC(C)(C)c1nc(-c2ccccc2)c2ccccc2n1.CC(C)(C)c1nc(-c2ccccc2)nc(-c2ccccc2)n1. The molecule has 6 aromatic heterocycles. The number of aromatic nitrogens is 14. The summed E-state index contributed by atoms with van der Waals surface area (Å²) in [5, 5.41) is 5.77. The highest BCUT2D eigenvalue weighted by atomic mass is 15.1. The Bertz CT molecular complexity index is 7910. The first-order chi connectivity index (χ1) is 71.1. The van der Waals surface area contributed by atoms with Crippen molar-refractivity contribution in [2.75, 3.05) is 0 Å². The number of hydrogen-bond donors (Lipinski definition) is 0. The summed E-state index contributed by atoms with van der Waals surface area (Å²) >= 11 is 0. The van der Waals surface area contributed by atoms with Gasteiger partial charge in [0.15, 0.2) is 34.9 Å². The molecular weight excluding hydrogens is 1830 g/mol. The van der Waals surface area contributed by atoms with Crippen molar-refractivity contribution in [3.8, 4) is 136 Å². The van der Waals surface area contributed by atoms with Crippen LogP contribution in [0, 0.1) is 0 Å². The molecule has 0 bridgehead atoms. The van der Waals surface area contributed by atoms with Crippen LogP contribution in [-0.4, -0.2) is 69.8 Å². The van der Waals surface area contributed by atoms with Crippen molar-refractivity contribution in [2.24, 2.45) is 0 Å². The first kappa shape index (κ1) is 107. The summed E-state index contributed by atoms with van der Waals surface area (Å²) in [6.45, 7) is 39.0. The lowest BCUT2D eigenvalue weighted by Gasteiger charge is -2.19. The fraction of sp³-hybridized carbons (Fsp3) is 0.191. The van der Waals surface area contributed by atoms with E-state index >= 15 is 0 Å². The molecule has 150 heavy (non-hydrogen) atoms. The maximum absolute atomic E-state index is 4.94. The minimum absolute atomic E-state index is 0. The summed E-state index contributed by atoms with van der Waals surface area (Å²) in [6, 6.07) is 149. The Balaban J connectivity index is 0.000000135. The lowest BCUT2D eigenvalue weighted by atomic mass is 9.86. The van der Waals surface area contributed by atoms with E-state index in [0.29, 0.717) is 17.5 Å².